The van der Waals surface area contributed by atoms with Crippen molar-refractivity contribution in [2.24, 2.45) is 17.1 Å². The molecular formula is C14H20N2O2S. The average molecular weight is 280 g/mol. The van der Waals surface area contributed by atoms with Gasteiger partial charge >= 0.3 is 0 Å². The molecule has 0 saturated heterocycles. The summed E-state index contributed by atoms with van der Waals surface area (Å²) in [6.45, 7) is 5.36. The SMILES string of the molecule is CC(C)CN(Cc1ccsc1)C(=O)C1(C(N)=O)CC1. The van der Waals surface area contributed by atoms with Gasteiger partial charge in [0.05, 0.1) is 0 Å². The van der Waals surface area contributed by atoms with Gasteiger partial charge in [-0.25, -0.2) is 0 Å². The Morgan fingerprint density at radius 2 is 2.16 bits per heavy atom. The van der Waals surface area contributed by atoms with Crippen LogP contribution < -0.4 is 5.73 Å². The molecule has 0 spiro atoms. The molecule has 5 heteroatoms. The Kier molecular flexibility index (Phi) is 3.94. The van der Waals surface area contributed by atoms with Crippen LogP contribution in [0.2, 0.25) is 0 Å². The highest BCUT2D eigenvalue weighted by Gasteiger charge is 2.56. The molecule has 104 valence electrons. The predicted molar refractivity (Wildman–Crippen MR) is 75.4 cm³/mol. The largest absolute Gasteiger partial charge is 0.369 e. The van der Waals surface area contributed by atoms with Gasteiger partial charge in [0, 0.05) is 13.1 Å². The first-order valence-corrected chi connectivity index (χ1v) is 7.50. The summed E-state index contributed by atoms with van der Waals surface area (Å²) >= 11 is 1.61. The summed E-state index contributed by atoms with van der Waals surface area (Å²) in [4.78, 5) is 25.8. The zero-order valence-electron chi connectivity index (χ0n) is 11.4. The molecule has 0 atom stereocenters. The van der Waals surface area contributed by atoms with E-state index < -0.39 is 11.3 Å². The fourth-order valence-corrected chi connectivity index (χ4v) is 2.92. The van der Waals surface area contributed by atoms with Gasteiger partial charge in [-0.15, -0.1) is 0 Å². The number of amides is 2. The maximum atomic E-state index is 12.6. The molecule has 0 aliphatic heterocycles. The number of rotatable bonds is 6. The molecule has 1 aliphatic rings. The van der Waals surface area contributed by atoms with Crippen LogP contribution in [0.1, 0.15) is 32.3 Å². The minimum atomic E-state index is -0.912. The van der Waals surface area contributed by atoms with E-state index in [9.17, 15) is 9.59 Å². The van der Waals surface area contributed by atoms with Crippen LogP contribution in [0.15, 0.2) is 16.8 Å². The van der Waals surface area contributed by atoms with Gasteiger partial charge in [0.2, 0.25) is 11.8 Å². The Hall–Kier alpha value is -1.36. The van der Waals surface area contributed by atoms with E-state index in [1.807, 2.05) is 16.8 Å². The number of primary amides is 1. The second-order valence-electron chi connectivity index (χ2n) is 5.66. The van der Waals surface area contributed by atoms with Crippen LogP contribution in [0.5, 0.6) is 0 Å². The molecule has 19 heavy (non-hydrogen) atoms. The van der Waals surface area contributed by atoms with Crippen molar-refractivity contribution in [3.8, 4) is 0 Å². The minimum Gasteiger partial charge on any atom is -0.369 e. The Morgan fingerprint density at radius 1 is 1.47 bits per heavy atom. The van der Waals surface area contributed by atoms with Crippen molar-refractivity contribution in [2.75, 3.05) is 6.54 Å². The molecule has 0 unspecified atom stereocenters. The lowest BCUT2D eigenvalue weighted by Gasteiger charge is -2.27. The van der Waals surface area contributed by atoms with Gasteiger partial charge in [0.25, 0.3) is 0 Å². The molecule has 2 N–H and O–H groups in total. The quantitative estimate of drug-likeness (QED) is 0.810. The van der Waals surface area contributed by atoms with Crippen molar-refractivity contribution in [3.05, 3.63) is 22.4 Å². The lowest BCUT2D eigenvalue weighted by Crippen LogP contribution is -2.44. The van der Waals surface area contributed by atoms with Crippen molar-refractivity contribution in [2.45, 2.75) is 33.2 Å². The minimum absolute atomic E-state index is 0.0973. The molecule has 1 fully saturated rings. The topological polar surface area (TPSA) is 63.4 Å². The van der Waals surface area contributed by atoms with Gasteiger partial charge in [0.15, 0.2) is 0 Å². The monoisotopic (exact) mass is 280 g/mol. The Labute approximate surface area is 117 Å². The third kappa shape index (κ3) is 2.97. The van der Waals surface area contributed by atoms with Crippen LogP contribution in [0.4, 0.5) is 0 Å². The average Bonchev–Trinajstić information content (AvgIpc) is 3.00. The molecule has 1 aliphatic carbocycles. The third-order valence-corrected chi connectivity index (χ3v) is 4.19. The summed E-state index contributed by atoms with van der Waals surface area (Å²) in [5, 5.41) is 4.03. The summed E-state index contributed by atoms with van der Waals surface area (Å²) in [7, 11) is 0. The van der Waals surface area contributed by atoms with Gasteiger partial charge in [-0.05, 0) is 41.1 Å². The van der Waals surface area contributed by atoms with Crippen LogP contribution in [0.25, 0.3) is 0 Å². The summed E-state index contributed by atoms with van der Waals surface area (Å²) in [5.74, 6) is -0.206. The van der Waals surface area contributed by atoms with Gasteiger partial charge in [0.1, 0.15) is 5.41 Å². The zero-order valence-corrected chi connectivity index (χ0v) is 12.2. The molecule has 1 aromatic heterocycles. The fourth-order valence-electron chi connectivity index (χ4n) is 2.26. The van der Waals surface area contributed by atoms with E-state index in [0.717, 1.165) is 5.56 Å². The zero-order chi connectivity index (χ0) is 14.0. The maximum absolute atomic E-state index is 12.6. The Bertz CT molecular complexity index is 464. The molecule has 2 rings (SSSR count). The van der Waals surface area contributed by atoms with E-state index in [1.165, 1.54) is 0 Å². The van der Waals surface area contributed by atoms with Crippen LogP contribution in [0.3, 0.4) is 0 Å². The van der Waals surface area contributed by atoms with E-state index in [2.05, 4.69) is 13.8 Å². The summed E-state index contributed by atoms with van der Waals surface area (Å²) in [5.41, 5.74) is 5.59. The van der Waals surface area contributed by atoms with E-state index in [-0.39, 0.29) is 5.91 Å². The molecule has 2 amide bonds. The normalized spacial score (nSPS) is 16.4. The van der Waals surface area contributed by atoms with Crippen molar-refractivity contribution < 1.29 is 9.59 Å². The summed E-state index contributed by atoms with van der Waals surface area (Å²) in [6, 6.07) is 2.01. The highest BCUT2D eigenvalue weighted by Crippen LogP contribution is 2.47. The van der Waals surface area contributed by atoms with Crippen molar-refractivity contribution in [1.29, 1.82) is 0 Å². The van der Waals surface area contributed by atoms with Crippen molar-refractivity contribution in [1.82, 2.24) is 4.90 Å². The smallest absolute Gasteiger partial charge is 0.238 e. The van der Waals surface area contributed by atoms with Gasteiger partial charge < -0.3 is 10.6 Å². The second kappa shape index (κ2) is 5.33. The molecule has 1 saturated carbocycles. The summed E-state index contributed by atoms with van der Waals surface area (Å²) in [6.07, 6.45) is 1.19. The molecule has 0 bridgehead atoms. The van der Waals surface area contributed by atoms with E-state index >= 15 is 0 Å². The Morgan fingerprint density at radius 3 is 2.58 bits per heavy atom. The fraction of sp³-hybridized carbons (Fsp3) is 0.571. The van der Waals surface area contributed by atoms with Crippen LogP contribution >= 0.6 is 11.3 Å². The molecule has 4 nitrogen and oxygen atoms in total. The number of carbonyl (C=O) groups excluding carboxylic acids is 2. The second-order valence-corrected chi connectivity index (χ2v) is 6.44. The van der Waals surface area contributed by atoms with Crippen LogP contribution in [-0.2, 0) is 16.1 Å². The standard InChI is InChI=1S/C14H20N2O2S/c1-10(2)7-16(8-11-3-6-19-9-11)13(18)14(4-5-14)12(15)17/h3,6,9-10H,4-5,7-8H2,1-2H3,(H2,15,17). The molecule has 1 heterocycles. The first kappa shape index (κ1) is 14.1. The highest BCUT2D eigenvalue weighted by molar-refractivity contribution is 7.07. The number of nitrogens with zero attached hydrogens (tertiary/aromatic N) is 1. The molecule has 0 aromatic carbocycles. The number of nitrogens with two attached hydrogens (primary N) is 1. The molecule has 1 aromatic rings. The number of carbonyl (C=O) groups is 2. The van der Waals surface area contributed by atoms with Crippen molar-refractivity contribution >= 4 is 23.2 Å². The third-order valence-electron chi connectivity index (χ3n) is 3.46. The molecular weight excluding hydrogens is 260 g/mol. The number of hydrogen-bond acceptors (Lipinski definition) is 3. The van der Waals surface area contributed by atoms with Gasteiger partial charge in [-0.1, -0.05) is 13.8 Å². The molecule has 0 radical (unpaired) electrons. The van der Waals surface area contributed by atoms with Crippen LogP contribution in [-0.4, -0.2) is 23.3 Å². The van der Waals surface area contributed by atoms with Crippen molar-refractivity contribution in [3.63, 3.8) is 0 Å². The highest BCUT2D eigenvalue weighted by atomic mass is 32.1. The lowest BCUT2D eigenvalue weighted by molar-refractivity contribution is -0.143. The Balaban J connectivity index is 2.13. The lowest BCUT2D eigenvalue weighted by atomic mass is 10.0. The maximum Gasteiger partial charge on any atom is 0.238 e. The first-order chi connectivity index (χ1) is 8.95. The predicted octanol–water partition coefficient (Wildman–Crippen LogP) is 2.00. The van der Waals surface area contributed by atoms with Gasteiger partial charge in [-0.3, -0.25) is 9.59 Å². The van der Waals surface area contributed by atoms with E-state index in [4.69, 9.17) is 5.73 Å². The van der Waals surface area contributed by atoms with E-state index in [1.54, 1.807) is 16.2 Å². The van der Waals surface area contributed by atoms with E-state index in [0.29, 0.717) is 31.8 Å². The first-order valence-electron chi connectivity index (χ1n) is 6.56. The number of hydrogen-bond donors (Lipinski definition) is 1. The van der Waals surface area contributed by atoms with Gasteiger partial charge in [-0.2, -0.15) is 11.3 Å². The summed E-state index contributed by atoms with van der Waals surface area (Å²) < 4.78 is 0. The van der Waals surface area contributed by atoms with Crippen LogP contribution in [0, 0.1) is 11.3 Å². The number of thiophene rings is 1.